The summed E-state index contributed by atoms with van der Waals surface area (Å²) in [6, 6.07) is 4.25. The Labute approximate surface area is 173 Å². The molecule has 0 unspecified atom stereocenters. The molecule has 1 saturated heterocycles. The maximum Gasteiger partial charge on any atom is 0.220 e. The first-order valence-corrected chi connectivity index (χ1v) is 9.63. The summed E-state index contributed by atoms with van der Waals surface area (Å²) in [5, 5.41) is 6.16. The number of hydrogen-bond acceptors (Lipinski definition) is 3. The number of nitrogens with one attached hydrogen (secondary N) is 2. The van der Waals surface area contributed by atoms with E-state index in [4.69, 9.17) is 0 Å². The zero-order valence-electron chi connectivity index (χ0n) is 14.2. The Morgan fingerprint density at radius 1 is 1.42 bits per heavy atom. The van der Waals surface area contributed by atoms with Gasteiger partial charge in [0.15, 0.2) is 5.96 Å². The first-order chi connectivity index (χ1) is 11.1. The van der Waals surface area contributed by atoms with Crippen molar-refractivity contribution in [3.63, 3.8) is 0 Å². The van der Waals surface area contributed by atoms with Crippen molar-refractivity contribution in [3.05, 3.63) is 20.8 Å². The van der Waals surface area contributed by atoms with Gasteiger partial charge in [0.1, 0.15) is 0 Å². The third kappa shape index (κ3) is 6.87. The second-order valence-electron chi connectivity index (χ2n) is 5.74. The van der Waals surface area contributed by atoms with Gasteiger partial charge in [-0.1, -0.05) is 0 Å². The van der Waals surface area contributed by atoms with Crippen LogP contribution in [0.5, 0.6) is 0 Å². The highest BCUT2D eigenvalue weighted by Crippen LogP contribution is 2.22. The van der Waals surface area contributed by atoms with E-state index in [1.54, 1.807) is 18.4 Å². The van der Waals surface area contributed by atoms with Crippen LogP contribution in [0.4, 0.5) is 0 Å². The highest BCUT2D eigenvalue weighted by Gasteiger charge is 2.22. The molecule has 1 aliphatic heterocycles. The summed E-state index contributed by atoms with van der Waals surface area (Å²) in [5.74, 6) is 1.61. The van der Waals surface area contributed by atoms with E-state index in [0.29, 0.717) is 12.3 Å². The fraction of sp³-hybridized carbons (Fsp3) is 0.625. The monoisotopic (exact) mass is 528 g/mol. The number of carbonyl (C=O) groups is 1. The highest BCUT2D eigenvalue weighted by molar-refractivity contribution is 14.0. The Kier molecular flexibility index (Phi) is 10.2. The molecule has 1 aliphatic rings. The number of nitrogens with zero attached hydrogens (tertiary/aromatic N) is 2. The summed E-state index contributed by atoms with van der Waals surface area (Å²) < 4.78 is 1.18. The molecule has 0 radical (unpaired) electrons. The first kappa shape index (κ1) is 21.7. The molecule has 0 saturated carbocycles. The maximum absolute atomic E-state index is 11.5. The topological polar surface area (TPSA) is 56.7 Å². The van der Waals surface area contributed by atoms with Crippen LogP contribution in [-0.4, -0.2) is 50.5 Å². The molecular weight excluding hydrogens is 503 g/mol. The van der Waals surface area contributed by atoms with E-state index < -0.39 is 0 Å². The number of likely N-dealkylation sites (tertiary alicyclic amines) is 1. The lowest BCUT2D eigenvalue weighted by atomic mass is 9.93. The number of hydrogen-bond donors (Lipinski definition) is 2. The van der Waals surface area contributed by atoms with Gasteiger partial charge in [0.25, 0.3) is 0 Å². The molecule has 1 aromatic heterocycles. The van der Waals surface area contributed by atoms with Gasteiger partial charge in [-0.05, 0) is 53.2 Å². The molecule has 1 amide bonds. The van der Waals surface area contributed by atoms with Gasteiger partial charge in [0, 0.05) is 45.0 Å². The van der Waals surface area contributed by atoms with Gasteiger partial charge in [0.05, 0.1) is 3.79 Å². The Morgan fingerprint density at radius 3 is 2.67 bits per heavy atom. The smallest absolute Gasteiger partial charge is 0.220 e. The number of rotatable bonds is 5. The minimum atomic E-state index is 0. The summed E-state index contributed by atoms with van der Waals surface area (Å²) >= 11 is 5.27. The second kappa shape index (κ2) is 11.3. The van der Waals surface area contributed by atoms with Gasteiger partial charge in [0.2, 0.25) is 5.91 Å². The van der Waals surface area contributed by atoms with Crippen molar-refractivity contribution in [2.24, 2.45) is 10.9 Å². The van der Waals surface area contributed by atoms with Gasteiger partial charge in [-0.2, -0.15) is 0 Å². The van der Waals surface area contributed by atoms with E-state index in [1.165, 1.54) is 8.66 Å². The van der Waals surface area contributed by atoms with E-state index in [1.807, 2.05) is 7.05 Å². The van der Waals surface area contributed by atoms with Crippen molar-refractivity contribution < 1.29 is 4.79 Å². The number of carbonyl (C=O) groups excluding carboxylic acids is 1. The highest BCUT2D eigenvalue weighted by atomic mass is 127. The molecule has 24 heavy (non-hydrogen) atoms. The Morgan fingerprint density at radius 2 is 2.12 bits per heavy atom. The second-order valence-corrected chi connectivity index (χ2v) is 8.29. The molecule has 1 fully saturated rings. The number of piperidine rings is 1. The predicted molar refractivity (Wildman–Crippen MR) is 115 cm³/mol. The van der Waals surface area contributed by atoms with Crippen molar-refractivity contribution in [1.29, 1.82) is 0 Å². The van der Waals surface area contributed by atoms with Crippen LogP contribution in [0.25, 0.3) is 0 Å². The van der Waals surface area contributed by atoms with E-state index in [-0.39, 0.29) is 29.9 Å². The minimum absolute atomic E-state index is 0. The molecule has 2 rings (SSSR count). The quantitative estimate of drug-likeness (QED) is 0.351. The summed E-state index contributed by atoms with van der Waals surface area (Å²) in [4.78, 5) is 19.5. The molecule has 0 aromatic carbocycles. The van der Waals surface area contributed by atoms with Crippen LogP contribution in [0, 0.1) is 5.92 Å². The molecule has 8 heteroatoms. The number of amides is 1. The van der Waals surface area contributed by atoms with E-state index in [2.05, 4.69) is 48.6 Å². The van der Waals surface area contributed by atoms with Gasteiger partial charge in [-0.25, -0.2) is 0 Å². The van der Waals surface area contributed by atoms with Crippen LogP contribution in [-0.2, 0) is 11.2 Å². The first-order valence-electron chi connectivity index (χ1n) is 8.02. The molecular formula is C16H26BrIN4OS. The summed E-state index contributed by atoms with van der Waals surface area (Å²) in [6.45, 7) is 2.82. The molecule has 1 aromatic rings. The normalized spacial score (nSPS) is 15.8. The summed E-state index contributed by atoms with van der Waals surface area (Å²) in [6.07, 6.45) is 3.74. The SMILES string of the molecule is CN=C(NCCc1ccc(Br)s1)N1CCC(CC(=O)NC)CC1.I. The van der Waals surface area contributed by atoms with Crippen molar-refractivity contribution in [1.82, 2.24) is 15.5 Å². The molecule has 0 bridgehead atoms. The third-order valence-corrected chi connectivity index (χ3v) is 5.85. The van der Waals surface area contributed by atoms with Crippen molar-refractivity contribution in [2.75, 3.05) is 33.7 Å². The molecule has 136 valence electrons. The van der Waals surface area contributed by atoms with Crippen molar-refractivity contribution >= 4 is 63.1 Å². The largest absolute Gasteiger partial charge is 0.359 e. The molecule has 0 spiro atoms. The van der Waals surface area contributed by atoms with Crippen LogP contribution < -0.4 is 10.6 Å². The average Bonchev–Trinajstić information content (AvgIpc) is 2.98. The minimum Gasteiger partial charge on any atom is -0.359 e. The number of aliphatic imine (C=N–C) groups is 1. The lowest BCUT2D eigenvalue weighted by Crippen LogP contribution is -2.46. The Balaban J connectivity index is 0.00000288. The third-order valence-electron chi connectivity index (χ3n) is 4.16. The number of guanidine groups is 1. The van der Waals surface area contributed by atoms with Crippen LogP contribution in [0.15, 0.2) is 20.9 Å². The fourth-order valence-electron chi connectivity index (χ4n) is 2.83. The van der Waals surface area contributed by atoms with E-state index in [0.717, 1.165) is 44.9 Å². The lowest BCUT2D eigenvalue weighted by Gasteiger charge is -2.34. The van der Waals surface area contributed by atoms with Crippen LogP contribution in [0.3, 0.4) is 0 Å². The standard InChI is InChI=1S/C16H25BrN4OS.HI/c1-18-15(22)11-12-6-9-21(10-7-12)16(19-2)20-8-5-13-3-4-14(17)23-13;/h3-4,12H,5-11H2,1-2H3,(H,18,22)(H,19,20);1H. The zero-order valence-corrected chi connectivity index (χ0v) is 18.9. The predicted octanol–water partition coefficient (Wildman–Crippen LogP) is 3.09. The van der Waals surface area contributed by atoms with Gasteiger partial charge in [-0.15, -0.1) is 35.3 Å². The molecule has 5 nitrogen and oxygen atoms in total. The Bertz CT molecular complexity index is 544. The average molecular weight is 529 g/mol. The van der Waals surface area contributed by atoms with Gasteiger partial charge < -0.3 is 15.5 Å². The molecule has 0 atom stereocenters. The molecule has 2 heterocycles. The van der Waals surface area contributed by atoms with Gasteiger partial charge >= 0.3 is 0 Å². The maximum atomic E-state index is 11.5. The number of halogens is 2. The van der Waals surface area contributed by atoms with E-state index >= 15 is 0 Å². The van der Waals surface area contributed by atoms with Crippen molar-refractivity contribution in [3.8, 4) is 0 Å². The van der Waals surface area contributed by atoms with Gasteiger partial charge in [-0.3, -0.25) is 9.79 Å². The van der Waals surface area contributed by atoms with Crippen molar-refractivity contribution in [2.45, 2.75) is 25.7 Å². The molecule has 2 N–H and O–H groups in total. The zero-order chi connectivity index (χ0) is 16.7. The van der Waals surface area contributed by atoms with Crippen LogP contribution in [0.1, 0.15) is 24.1 Å². The summed E-state index contributed by atoms with van der Waals surface area (Å²) in [7, 11) is 3.54. The van der Waals surface area contributed by atoms with E-state index in [9.17, 15) is 4.79 Å². The molecule has 0 aliphatic carbocycles. The number of thiophene rings is 1. The van der Waals surface area contributed by atoms with Crippen LogP contribution in [0.2, 0.25) is 0 Å². The summed E-state index contributed by atoms with van der Waals surface area (Å²) in [5.41, 5.74) is 0. The van der Waals surface area contributed by atoms with Crippen LogP contribution >= 0.6 is 51.2 Å². The Hall–Kier alpha value is -0.350. The fourth-order valence-corrected chi connectivity index (χ4v) is 4.31. The lowest BCUT2D eigenvalue weighted by molar-refractivity contribution is -0.121.